The van der Waals surface area contributed by atoms with Gasteiger partial charge in [-0.1, -0.05) is 11.2 Å². The van der Waals surface area contributed by atoms with E-state index in [1.54, 1.807) is 7.11 Å². The lowest BCUT2D eigenvalue weighted by Crippen LogP contribution is -2.03. The summed E-state index contributed by atoms with van der Waals surface area (Å²) in [7, 11) is 1.66. The van der Waals surface area contributed by atoms with Gasteiger partial charge in [-0.05, 0) is 30.5 Å². The maximum Gasteiger partial charge on any atom is 0.170 e. The summed E-state index contributed by atoms with van der Waals surface area (Å²) in [6.07, 6.45) is 1.94. The molecule has 3 nitrogen and oxygen atoms in total. The molecule has 88 valence electrons. The van der Waals surface area contributed by atoms with Crippen molar-refractivity contribution in [1.82, 2.24) is 5.16 Å². The summed E-state index contributed by atoms with van der Waals surface area (Å²) in [5.41, 5.74) is 4.35. The highest BCUT2D eigenvalue weighted by molar-refractivity contribution is 6.17. The van der Waals surface area contributed by atoms with Crippen molar-refractivity contribution in [2.24, 2.45) is 0 Å². The van der Waals surface area contributed by atoms with E-state index in [-0.39, 0.29) is 0 Å². The van der Waals surface area contributed by atoms with Crippen molar-refractivity contribution < 1.29 is 9.26 Å². The lowest BCUT2D eigenvalue weighted by molar-refractivity contribution is 0.412. The van der Waals surface area contributed by atoms with Crippen molar-refractivity contribution in [3.8, 4) is 17.1 Å². The first kappa shape index (κ1) is 10.7. The minimum absolute atomic E-state index is 0.401. The summed E-state index contributed by atoms with van der Waals surface area (Å²) < 4.78 is 10.7. The quantitative estimate of drug-likeness (QED) is 0.767. The first-order chi connectivity index (χ1) is 8.33. The third-order valence-corrected chi connectivity index (χ3v) is 3.46. The highest BCUT2D eigenvalue weighted by atomic mass is 35.5. The Kier molecular flexibility index (Phi) is 2.56. The fourth-order valence-corrected chi connectivity index (χ4v) is 2.50. The van der Waals surface area contributed by atoms with Gasteiger partial charge in [0.25, 0.3) is 0 Å². The van der Waals surface area contributed by atoms with Gasteiger partial charge in [0, 0.05) is 11.1 Å². The van der Waals surface area contributed by atoms with E-state index in [1.165, 1.54) is 5.56 Å². The number of nitrogens with zero attached hydrogens (tertiary/aromatic N) is 1. The molecule has 0 N–H and O–H groups in total. The molecule has 0 fully saturated rings. The molecule has 0 radical (unpaired) electrons. The molecule has 0 spiro atoms. The fraction of sp³-hybridized carbons (Fsp3) is 0.308. The lowest BCUT2D eigenvalue weighted by Gasteiger charge is -2.15. The van der Waals surface area contributed by atoms with Gasteiger partial charge in [0.15, 0.2) is 5.76 Å². The molecule has 0 saturated carbocycles. The predicted molar refractivity (Wildman–Crippen MR) is 65.5 cm³/mol. The van der Waals surface area contributed by atoms with Crippen molar-refractivity contribution in [2.75, 3.05) is 7.11 Å². The smallest absolute Gasteiger partial charge is 0.170 e. The van der Waals surface area contributed by atoms with Crippen LogP contribution < -0.4 is 4.74 Å². The second-order valence-corrected chi connectivity index (χ2v) is 4.36. The zero-order valence-corrected chi connectivity index (χ0v) is 10.3. The topological polar surface area (TPSA) is 35.3 Å². The maximum absolute atomic E-state index is 5.84. The van der Waals surface area contributed by atoms with Gasteiger partial charge in [0.05, 0.1) is 13.0 Å². The number of halogens is 1. The lowest BCUT2D eigenvalue weighted by atomic mass is 9.89. The van der Waals surface area contributed by atoms with Gasteiger partial charge >= 0.3 is 0 Å². The molecule has 2 aromatic rings. The third-order valence-electron chi connectivity index (χ3n) is 3.20. The van der Waals surface area contributed by atoms with Gasteiger partial charge in [-0.25, -0.2) is 0 Å². The average Bonchev–Trinajstić information content (AvgIpc) is 2.81. The van der Waals surface area contributed by atoms with Gasteiger partial charge in [0.1, 0.15) is 11.4 Å². The average molecular weight is 250 g/mol. The Morgan fingerprint density at radius 2 is 2.29 bits per heavy atom. The highest BCUT2D eigenvalue weighted by Gasteiger charge is 2.24. The Morgan fingerprint density at radius 3 is 3.06 bits per heavy atom. The Balaban J connectivity index is 2.17. The van der Waals surface area contributed by atoms with Crippen LogP contribution in [0.1, 0.15) is 16.8 Å². The van der Waals surface area contributed by atoms with E-state index in [0.29, 0.717) is 5.88 Å². The van der Waals surface area contributed by atoms with Gasteiger partial charge in [-0.2, -0.15) is 0 Å². The third kappa shape index (κ3) is 1.62. The summed E-state index contributed by atoms with van der Waals surface area (Å²) in [6.45, 7) is 0. The van der Waals surface area contributed by atoms with Crippen LogP contribution >= 0.6 is 11.6 Å². The number of methoxy groups -OCH3 is 1. The van der Waals surface area contributed by atoms with Crippen molar-refractivity contribution in [3.63, 3.8) is 0 Å². The minimum atomic E-state index is 0.401. The molecular formula is C13H12ClNO2. The van der Waals surface area contributed by atoms with Crippen LogP contribution in [0.5, 0.6) is 5.75 Å². The summed E-state index contributed by atoms with van der Waals surface area (Å²) >= 11 is 5.84. The van der Waals surface area contributed by atoms with E-state index in [0.717, 1.165) is 41.2 Å². The summed E-state index contributed by atoms with van der Waals surface area (Å²) in [5.74, 6) is 2.08. The molecule has 1 aliphatic carbocycles. The monoisotopic (exact) mass is 249 g/mol. The number of aromatic nitrogens is 1. The van der Waals surface area contributed by atoms with Crippen LogP contribution in [0.25, 0.3) is 11.3 Å². The van der Waals surface area contributed by atoms with Crippen LogP contribution in [0.15, 0.2) is 22.7 Å². The molecule has 0 atom stereocenters. The Labute approximate surface area is 104 Å². The number of fused-ring (bicyclic) bond motifs is 3. The van der Waals surface area contributed by atoms with Gasteiger partial charge in [0.2, 0.25) is 0 Å². The molecule has 0 saturated heterocycles. The normalized spacial score (nSPS) is 13.1. The molecule has 0 unspecified atom stereocenters. The van der Waals surface area contributed by atoms with E-state index in [2.05, 4.69) is 11.2 Å². The number of benzene rings is 1. The molecule has 0 amide bonds. The highest BCUT2D eigenvalue weighted by Crippen LogP contribution is 2.37. The van der Waals surface area contributed by atoms with Crippen molar-refractivity contribution in [2.45, 2.75) is 18.7 Å². The molecule has 0 aliphatic heterocycles. The van der Waals surface area contributed by atoms with Crippen molar-refractivity contribution in [1.29, 1.82) is 0 Å². The van der Waals surface area contributed by atoms with Crippen LogP contribution in [0.3, 0.4) is 0 Å². The van der Waals surface area contributed by atoms with E-state index >= 15 is 0 Å². The van der Waals surface area contributed by atoms with Crippen LogP contribution in [-0.2, 0) is 18.7 Å². The number of aryl methyl sites for hydroxylation is 1. The zero-order valence-electron chi connectivity index (χ0n) is 9.50. The Morgan fingerprint density at radius 1 is 1.41 bits per heavy atom. The molecule has 1 aliphatic rings. The SMILES string of the molecule is COc1ccc2c(c1)-c1onc(CCl)c1CC2. The number of ether oxygens (including phenoxy) is 1. The van der Waals surface area contributed by atoms with Crippen molar-refractivity contribution >= 4 is 11.6 Å². The second kappa shape index (κ2) is 4.08. The maximum atomic E-state index is 5.84. The van der Waals surface area contributed by atoms with E-state index in [1.807, 2.05) is 12.1 Å². The molecule has 1 aromatic heterocycles. The molecule has 4 heteroatoms. The molecule has 0 bridgehead atoms. The molecule has 17 heavy (non-hydrogen) atoms. The van der Waals surface area contributed by atoms with Gasteiger partial charge in [-0.15, -0.1) is 11.6 Å². The minimum Gasteiger partial charge on any atom is -0.497 e. The fourth-order valence-electron chi connectivity index (χ4n) is 2.29. The number of rotatable bonds is 2. The van der Waals surface area contributed by atoms with Gasteiger partial charge in [-0.3, -0.25) is 0 Å². The first-order valence-corrected chi connectivity index (χ1v) is 6.07. The van der Waals surface area contributed by atoms with E-state index in [9.17, 15) is 0 Å². The zero-order chi connectivity index (χ0) is 11.8. The molecular weight excluding hydrogens is 238 g/mol. The second-order valence-electron chi connectivity index (χ2n) is 4.09. The molecule has 1 heterocycles. The van der Waals surface area contributed by atoms with Crippen LogP contribution in [-0.4, -0.2) is 12.3 Å². The van der Waals surface area contributed by atoms with E-state index in [4.69, 9.17) is 20.9 Å². The summed E-state index contributed by atoms with van der Waals surface area (Å²) in [6, 6.07) is 6.05. The van der Waals surface area contributed by atoms with Crippen LogP contribution in [0.4, 0.5) is 0 Å². The Bertz CT molecular complexity index is 563. The first-order valence-electron chi connectivity index (χ1n) is 5.54. The number of hydrogen-bond acceptors (Lipinski definition) is 3. The predicted octanol–water partition coefficient (Wildman–Crippen LogP) is 3.19. The van der Waals surface area contributed by atoms with E-state index < -0.39 is 0 Å². The molecule has 3 rings (SSSR count). The number of alkyl halides is 1. The largest absolute Gasteiger partial charge is 0.497 e. The molecule has 1 aromatic carbocycles. The van der Waals surface area contributed by atoms with Crippen LogP contribution in [0.2, 0.25) is 0 Å². The van der Waals surface area contributed by atoms with Crippen molar-refractivity contribution in [3.05, 3.63) is 35.0 Å². The number of hydrogen-bond donors (Lipinski definition) is 0. The Hall–Kier alpha value is -1.48. The standard InChI is InChI=1S/C13H12ClNO2/c1-16-9-4-2-8-3-5-10-12(7-14)15-17-13(10)11(8)6-9/h2,4,6H,3,5,7H2,1H3. The summed E-state index contributed by atoms with van der Waals surface area (Å²) in [5, 5.41) is 4.02. The summed E-state index contributed by atoms with van der Waals surface area (Å²) in [4.78, 5) is 0. The van der Waals surface area contributed by atoms with Crippen LogP contribution in [0, 0.1) is 0 Å². The van der Waals surface area contributed by atoms with Gasteiger partial charge < -0.3 is 9.26 Å².